The Morgan fingerprint density at radius 1 is 1.33 bits per heavy atom. The SMILES string of the molecule is COC1C[C@@H]2CN(C(=O)COc3cccc(F)c3)C[C@@H]2C1. The number of rotatable bonds is 4. The van der Waals surface area contributed by atoms with Crippen LogP contribution in [0.5, 0.6) is 5.75 Å². The van der Waals surface area contributed by atoms with Crippen molar-refractivity contribution in [3.8, 4) is 5.75 Å². The minimum atomic E-state index is -0.360. The smallest absolute Gasteiger partial charge is 0.260 e. The van der Waals surface area contributed by atoms with E-state index in [-0.39, 0.29) is 18.3 Å². The van der Waals surface area contributed by atoms with Crippen LogP contribution in [-0.2, 0) is 9.53 Å². The molecule has 0 N–H and O–H groups in total. The Morgan fingerprint density at radius 2 is 2.05 bits per heavy atom. The zero-order valence-electron chi connectivity index (χ0n) is 12.1. The van der Waals surface area contributed by atoms with E-state index in [1.165, 1.54) is 12.1 Å². The highest BCUT2D eigenvalue weighted by molar-refractivity contribution is 5.78. The number of amides is 1. The Kier molecular flexibility index (Phi) is 4.10. The van der Waals surface area contributed by atoms with Crippen molar-refractivity contribution in [2.45, 2.75) is 18.9 Å². The van der Waals surface area contributed by atoms with Gasteiger partial charge in [-0.2, -0.15) is 0 Å². The molecule has 21 heavy (non-hydrogen) atoms. The molecule has 1 aromatic rings. The lowest BCUT2D eigenvalue weighted by atomic mass is 10.0. The van der Waals surface area contributed by atoms with Gasteiger partial charge in [-0.15, -0.1) is 0 Å². The molecular weight excluding hydrogens is 273 g/mol. The van der Waals surface area contributed by atoms with Crippen LogP contribution in [0.3, 0.4) is 0 Å². The fourth-order valence-electron chi connectivity index (χ4n) is 3.43. The van der Waals surface area contributed by atoms with Gasteiger partial charge in [0.1, 0.15) is 11.6 Å². The van der Waals surface area contributed by atoms with Gasteiger partial charge in [0.15, 0.2) is 6.61 Å². The van der Waals surface area contributed by atoms with Crippen LogP contribution < -0.4 is 4.74 Å². The maximum atomic E-state index is 13.0. The van der Waals surface area contributed by atoms with Crippen LogP contribution in [0.2, 0.25) is 0 Å². The van der Waals surface area contributed by atoms with Gasteiger partial charge in [0, 0.05) is 26.3 Å². The van der Waals surface area contributed by atoms with E-state index in [0.717, 1.165) is 25.9 Å². The van der Waals surface area contributed by atoms with E-state index in [1.54, 1.807) is 19.2 Å². The zero-order chi connectivity index (χ0) is 14.8. The van der Waals surface area contributed by atoms with E-state index in [9.17, 15) is 9.18 Å². The number of halogens is 1. The van der Waals surface area contributed by atoms with Gasteiger partial charge >= 0.3 is 0 Å². The molecule has 3 atom stereocenters. The predicted octanol–water partition coefficient (Wildman–Crippen LogP) is 2.09. The maximum absolute atomic E-state index is 13.0. The van der Waals surface area contributed by atoms with E-state index in [0.29, 0.717) is 23.7 Å². The molecule has 1 heterocycles. The third-order valence-corrected chi connectivity index (χ3v) is 4.55. The summed E-state index contributed by atoms with van der Waals surface area (Å²) in [4.78, 5) is 14.0. The zero-order valence-corrected chi connectivity index (χ0v) is 12.1. The molecule has 1 saturated heterocycles. The largest absolute Gasteiger partial charge is 0.484 e. The van der Waals surface area contributed by atoms with Crippen molar-refractivity contribution < 1.29 is 18.7 Å². The quantitative estimate of drug-likeness (QED) is 0.853. The molecule has 1 aliphatic heterocycles. The Balaban J connectivity index is 1.49. The third kappa shape index (κ3) is 3.18. The average molecular weight is 293 g/mol. The first-order chi connectivity index (χ1) is 10.2. The number of ether oxygens (including phenoxy) is 2. The molecule has 5 heteroatoms. The number of carbonyl (C=O) groups is 1. The summed E-state index contributed by atoms with van der Waals surface area (Å²) in [5, 5.41) is 0. The first kappa shape index (κ1) is 14.3. The van der Waals surface area contributed by atoms with E-state index in [4.69, 9.17) is 9.47 Å². The van der Waals surface area contributed by atoms with Gasteiger partial charge in [0.25, 0.3) is 5.91 Å². The second-order valence-electron chi connectivity index (χ2n) is 5.89. The van der Waals surface area contributed by atoms with Gasteiger partial charge < -0.3 is 14.4 Å². The molecule has 1 aromatic carbocycles. The standard InChI is InChI=1S/C16H20FNO3/c1-20-15-5-11-8-18(9-12(11)6-15)16(19)10-21-14-4-2-3-13(17)7-14/h2-4,7,11-12,15H,5-6,8-10H2,1H3/t11-,12+,15?. The molecule has 0 radical (unpaired) electrons. The summed E-state index contributed by atoms with van der Waals surface area (Å²) >= 11 is 0. The topological polar surface area (TPSA) is 38.8 Å². The first-order valence-electron chi connectivity index (χ1n) is 7.34. The number of fused-ring (bicyclic) bond motifs is 1. The fourth-order valence-corrected chi connectivity index (χ4v) is 3.43. The number of hydrogen-bond acceptors (Lipinski definition) is 3. The van der Waals surface area contributed by atoms with Crippen molar-refractivity contribution in [3.63, 3.8) is 0 Å². The lowest BCUT2D eigenvalue weighted by Gasteiger charge is -2.19. The molecule has 1 saturated carbocycles. The van der Waals surface area contributed by atoms with Crippen LogP contribution in [0.15, 0.2) is 24.3 Å². The summed E-state index contributed by atoms with van der Waals surface area (Å²) in [5.74, 6) is 1.10. The third-order valence-electron chi connectivity index (χ3n) is 4.55. The van der Waals surface area contributed by atoms with Crippen molar-refractivity contribution in [1.29, 1.82) is 0 Å². The van der Waals surface area contributed by atoms with Crippen molar-refractivity contribution in [1.82, 2.24) is 4.90 Å². The minimum Gasteiger partial charge on any atom is -0.484 e. The van der Waals surface area contributed by atoms with Gasteiger partial charge in [0.2, 0.25) is 0 Å². The molecular formula is C16H20FNO3. The summed E-state index contributed by atoms with van der Waals surface area (Å²) in [6.45, 7) is 1.54. The van der Waals surface area contributed by atoms with Crippen LogP contribution in [0.25, 0.3) is 0 Å². The average Bonchev–Trinajstić information content (AvgIpc) is 3.02. The molecule has 1 aliphatic carbocycles. The number of methoxy groups -OCH3 is 1. The summed E-state index contributed by atoms with van der Waals surface area (Å²) in [6, 6.07) is 5.86. The Morgan fingerprint density at radius 3 is 2.67 bits per heavy atom. The second-order valence-corrected chi connectivity index (χ2v) is 5.89. The van der Waals surface area contributed by atoms with Crippen molar-refractivity contribution in [3.05, 3.63) is 30.1 Å². The molecule has 3 rings (SSSR count). The van der Waals surface area contributed by atoms with Gasteiger partial charge in [0.05, 0.1) is 6.10 Å². The summed E-state index contributed by atoms with van der Waals surface area (Å²) in [7, 11) is 1.75. The Hall–Kier alpha value is -1.62. The highest BCUT2D eigenvalue weighted by atomic mass is 19.1. The monoisotopic (exact) mass is 293 g/mol. The predicted molar refractivity (Wildman–Crippen MR) is 75.5 cm³/mol. The molecule has 1 unspecified atom stereocenters. The van der Waals surface area contributed by atoms with Crippen LogP contribution in [-0.4, -0.2) is 43.7 Å². The van der Waals surface area contributed by atoms with Crippen molar-refractivity contribution >= 4 is 5.91 Å². The first-order valence-corrected chi connectivity index (χ1v) is 7.34. The summed E-state index contributed by atoms with van der Waals surface area (Å²) in [5.41, 5.74) is 0. The molecule has 0 spiro atoms. The summed E-state index contributed by atoms with van der Waals surface area (Å²) in [6.07, 6.45) is 2.42. The molecule has 2 aliphatic rings. The molecule has 0 aromatic heterocycles. The summed E-state index contributed by atoms with van der Waals surface area (Å²) < 4.78 is 23.8. The van der Waals surface area contributed by atoms with Gasteiger partial charge in [-0.05, 0) is 36.8 Å². The second kappa shape index (κ2) is 6.02. The van der Waals surface area contributed by atoms with Crippen LogP contribution in [0.1, 0.15) is 12.8 Å². The number of nitrogens with zero attached hydrogens (tertiary/aromatic N) is 1. The molecule has 4 nitrogen and oxygen atoms in total. The van der Waals surface area contributed by atoms with E-state index < -0.39 is 0 Å². The number of hydrogen-bond donors (Lipinski definition) is 0. The molecule has 2 fully saturated rings. The highest BCUT2D eigenvalue weighted by Gasteiger charge is 2.42. The van der Waals surface area contributed by atoms with E-state index >= 15 is 0 Å². The lowest BCUT2D eigenvalue weighted by Crippen LogP contribution is -2.34. The number of likely N-dealkylation sites (tertiary alicyclic amines) is 1. The highest BCUT2D eigenvalue weighted by Crippen LogP contribution is 2.39. The Labute approximate surface area is 123 Å². The number of carbonyl (C=O) groups excluding carboxylic acids is 1. The van der Waals surface area contributed by atoms with Crippen LogP contribution >= 0.6 is 0 Å². The van der Waals surface area contributed by atoms with Crippen LogP contribution in [0.4, 0.5) is 4.39 Å². The lowest BCUT2D eigenvalue weighted by molar-refractivity contribution is -0.132. The molecule has 114 valence electrons. The van der Waals surface area contributed by atoms with Crippen LogP contribution in [0, 0.1) is 17.7 Å². The van der Waals surface area contributed by atoms with Crippen molar-refractivity contribution in [2.75, 3.05) is 26.8 Å². The molecule has 0 bridgehead atoms. The maximum Gasteiger partial charge on any atom is 0.260 e. The number of benzene rings is 1. The van der Waals surface area contributed by atoms with Gasteiger partial charge in [-0.1, -0.05) is 6.07 Å². The van der Waals surface area contributed by atoms with Crippen molar-refractivity contribution in [2.24, 2.45) is 11.8 Å². The molecule has 1 amide bonds. The van der Waals surface area contributed by atoms with Gasteiger partial charge in [-0.3, -0.25) is 4.79 Å². The Bertz CT molecular complexity index is 508. The van der Waals surface area contributed by atoms with E-state index in [2.05, 4.69) is 0 Å². The normalized spacial score (nSPS) is 27.7. The van der Waals surface area contributed by atoms with Gasteiger partial charge in [-0.25, -0.2) is 4.39 Å². The fraction of sp³-hybridized carbons (Fsp3) is 0.562. The van der Waals surface area contributed by atoms with E-state index in [1.807, 2.05) is 4.90 Å². The minimum absolute atomic E-state index is 0.0253.